The van der Waals surface area contributed by atoms with Crippen molar-refractivity contribution in [1.29, 1.82) is 0 Å². The summed E-state index contributed by atoms with van der Waals surface area (Å²) in [5, 5.41) is 9.72. The van der Waals surface area contributed by atoms with Crippen molar-refractivity contribution in [3.05, 3.63) is 53.6 Å². The Morgan fingerprint density at radius 1 is 1.13 bits per heavy atom. The molecule has 1 amide bonds. The molecule has 1 saturated heterocycles. The number of rotatable bonds is 4. The molecule has 1 aliphatic rings. The number of para-hydroxylation sites is 2. The maximum absolute atomic E-state index is 12.5. The molecule has 0 aliphatic carbocycles. The highest BCUT2D eigenvalue weighted by atomic mass is 16.5. The van der Waals surface area contributed by atoms with E-state index in [1.807, 2.05) is 24.3 Å². The van der Waals surface area contributed by atoms with E-state index in [1.165, 1.54) is 0 Å². The van der Waals surface area contributed by atoms with Gasteiger partial charge >= 0.3 is 0 Å². The predicted molar refractivity (Wildman–Crippen MR) is 86.2 cm³/mol. The van der Waals surface area contributed by atoms with Crippen molar-refractivity contribution >= 4 is 5.91 Å². The van der Waals surface area contributed by atoms with Crippen LogP contribution in [0.1, 0.15) is 15.9 Å². The molecule has 23 heavy (non-hydrogen) atoms. The van der Waals surface area contributed by atoms with E-state index < -0.39 is 0 Å². The molecule has 0 aromatic heterocycles. The molecular weight excluding hydrogens is 294 g/mol. The Kier molecular flexibility index (Phi) is 4.10. The summed E-state index contributed by atoms with van der Waals surface area (Å²) in [5.41, 5.74) is 1.13. The third-order valence-corrected chi connectivity index (χ3v) is 4.03. The topological polar surface area (TPSA) is 59.0 Å². The fraction of sp³-hybridized carbons (Fsp3) is 0.278. The van der Waals surface area contributed by atoms with Crippen molar-refractivity contribution in [3.63, 3.8) is 0 Å². The van der Waals surface area contributed by atoms with Gasteiger partial charge < -0.3 is 19.5 Å². The molecule has 0 saturated carbocycles. The Labute approximate surface area is 135 Å². The Morgan fingerprint density at radius 3 is 2.52 bits per heavy atom. The van der Waals surface area contributed by atoms with Gasteiger partial charge in [0.1, 0.15) is 11.9 Å². The van der Waals surface area contributed by atoms with Gasteiger partial charge in [-0.1, -0.05) is 18.2 Å². The first-order valence-electron chi connectivity index (χ1n) is 7.47. The molecule has 1 aliphatic heterocycles. The molecule has 5 nitrogen and oxygen atoms in total. The molecule has 0 unspecified atom stereocenters. The van der Waals surface area contributed by atoms with E-state index >= 15 is 0 Å². The van der Waals surface area contributed by atoms with Crippen molar-refractivity contribution in [3.8, 4) is 17.2 Å². The van der Waals surface area contributed by atoms with Gasteiger partial charge in [-0.25, -0.2) is 0 Å². The zero-order valence-electron chi connectivity index (χ0n) is 13.2. The van der Waals surface area contributed by atoms with E-state index in [-0.39, 0.29) is 17.8 Å². The lowest BCUT2D eigenvalue weighted by atomic mass is 10.0. The number of likely N-dealkylation sites (tertiary alicyclic amines) is 1. The average Bonchev–Trinajstić information content (AvgIpc) is 2.53. The third kappa shape index (κ3) is 2.95. The van der Waals surface area contributed by atoms with Gasteiger partial charge in [0.15, 0.2) is 11.5 Å². The van der Waals surface area contributed by atoms with Crippen LogP contribution in [-0.4, -0.2) is 42.2 Å². The zero-order chi connectivity index (χ0) is 16.4. The number of methoxy groups -OCH3 is 1. The smallest absolute Gasteiger partial charge is 0.254 e. The predicted octanol–water partition coefficient (Wildman–Crippen LogP) is 2.61. The van der Waals surface area contributed by atoms with E-state index in [2.05, 4.69) is 0 Å². The Balaban J connectivity index is 1.63. The molecule has 1 N–H and O–H groups in total. The van der Waals surface area contributed by atoms with Crippen LogP contribution >= 0.6 is 0 Å². The number of nitrogens with zero attached hydrogens (tertiary/aromatic N) is 1. The van der Waals surface area contributed by atoms with Crippen molar-refractivity contribution in [1.82, 2.24) is 4.90 Å². The van der Waals surface area contributed by atoms with Crippen LogP contribution in [0.2, 0.25) is 0 Å². The molecule has 0 spiro atoms. The molecule has 0 bridgehead atoms. The van der Waals surface area contributed by atoms with E-state index in [4.69, 9.17) is 9.47 Å². The first-order chi connectivity index (χ1) is 11.1. The SMILES string of the molecule is COc1ccccc1OC1CN(C(=O)c2cccc(O)c2C)C1. The van der Waals surface area contributed by atoms with Crippen LogP contribution in [0.25, 0.3) is 0 Å². The highest BCUT2D eigenvalue weighted by Gasteiger charge is 2.34. The number of phenols is 1. The molecule has 1 heterocycles. The summed E-state index contributed by atoms with van der Waals surface area (Å²) >= 11 is 0. The molecule has 0 atom stereocenters. The fourth-order valence-electron chi connectivity index (χ4n) is 2.60. The van der Waals surface area contributed by atoms with Crippen molar-refractivity contribution in [2.24, 2.45) is 0 Å². The van der Waals surface area contributed by atoms with E-state index in [0.29, 0.717) is 35.7 Å². The number of phenolic OH excluding ortho intramolecular Hbond substituents is 1. The number of carbonyl (C=O) groups is 1. The van der Waals surface area contributed by atoms with Gasteiger partial charge in [-0.05, 0) is 31.2 Å². The summed E-state index contributed by atoms with van der Waals surface area (Å²) in [4.78, 5) is 14.2. The Hall–Kier alpha value is -2.69. The maximum Gasteiger partial charge on any atom is 0.254 e. The average molecular weight is 313 g/mol. The number of benzene rings is 2. The number of ether oxygens (including phenoxy) is 2. The second kappa shape index (κ2) is 6.20. The summed E-state index contributed by atoms with van der Waals surface area (Å²) < 4.78 is 11.1. The Morgan fingerprint density at radius 2 is 1.83 bits per heavy atom. The van der Waals surface area contributed by atoms with Gasteiger partial charge in [0.2, 0.25) is 0 Å². The van der Waals surface area contributed by atoms with Crippen molar-refractivity contribution in [2.75, 3.05) is 20.2 Å². The van der Waals surface area contributed by atoms with Crippen LogP contribution in [0.15, 0.2) is 42.5 Å². The second-order valence-corrected chi connectivity index (χ2v) is 5.55. The molecule has 5 heteroatoms. The maximum atomic E-state index is 12.5. The lowest BCUT2D eigenvalue weighted by molar-refractivity contribution is 0.0168. The highest BCUT2D eigenvalue weighted by Crippen LogP contribution is 2.29. The lowest BCUT2D eigenvalue weighted by Gasteiger charge is -2.39. The minimum Gasteiger partial charge on any atom is -0.508 e. The summed E-state index contributed by atoms with van der Waals surface area (Å²) in [5.74, 6) is 1.42. The molecule has 120 valence electrons. The number of hydrogen-bond acceptors (Lipinski definition) is 4. The molecule has 2 aromatic rings. The van der Waals surface area contributed by atoms with Crippen LogP contribution in [0.5, 0.6) is 17.2 Å². The molecule has 0 radical (unpaired) electrons. The van der Waals surface area contributed by atoms with Crippen LogP contribution in [0, 0.1) is 6.92 Å². The first-order valence-corrected chi connectivity index (χ1v) is 7.47. The molecule has 1 fully saturated rings. The van der Waals surface area contributed by atoms with Gasteiger partial charge in [-0.15, -0.1) is 0 Å². The van der Waals surface area contributed by atoms with E-state index in [0.717, 1.165) is 0 Å². The lowest BCUT2D eigenvalue weighted by Crippen LogP contribution is -2.56. The summed E-state index contributed by atoms with van der Waals surface area (Å²) in [6, 6.07) is 12.4. The molecule has 2 aromatic carbocycles. The van der Waals surface area contributed by atoms with Crippen molar-refractivity contribution < 1.29 is 19.4 Å². The monoisotopic (exact) mass is 313 g/mol. The van der Waals surface area contributed by atoms with Gasteiger partial charge in [0.05, 0.1) is 20.2 Å². The zero-order valence-corrected chi connectivity index (χ0v) is 13.2. The number of aromatic hydroxyl groups is 1. The van der Waals surface area contributed by atoms with Gasteiger partial charge in [0.25, 0.3) is 5.91 Å². The highest BCUT2D eigenvalue weighted by molar-refractivity contribution is 5.96. The van der Waals surface area contributed by atoms with Crippen LogP contribution < -0.4 is 9.47 Å². The number of carbonyl (C=O) groups excluding carboxylic acids is 1. The minimum absolute atomic E-state index is 0.0483. The van der Waals surface area contributed by atoms with Crippen LogP contribution in [0.4, 0.5) is 0 Å². The number of amides is 1. The number of hydrogen-bond donors (Lipinski definition) is 1. The van der Waals surface area contributed by atoms with Crippen LogP contribution in [0.3, 0.4) is 0 Å². The fourth-order valence-corrected chi connectivity index (χ4v) is 2.60. The van der Waals surface area contributed by atoms with Gasteiger partial charge in [-0.2, -0.15) is 0 Å². The Bertz CT molecular complexity index is 723. The molecular formula is C18H19NO4. The third-order valence-electron chi connectivity index (χ3n) is 4.03. The quantitative estimate of drug-likeness (QED) is 0.942. The second-order valence-electron chi connectivity index (χ2n) is 5.55. The van der Waals surface area contributed by atoms with Gasteiger partial charge in [-0.3, -0.25) is 4.79 Å². The van der Waals surface area contributed by atoms with E-state index in [1.54, 1.807) is 37.1 Å². The van der Waals surface area contributed by atoms with E-state index in [9.17, 15) is 9.90 Å². The summed E-state index contributed by atoms with van der Waals surface area (Å²) in [6.07, 6.45) is -0.0483. The first kappa shape index (κ1) is 15.2. The minimum atomic E-state index is -0.0849. The normalized spacial score (nSPS) is 14.3. The molecule has 3 rings (SSSR count). The standard InChI is InChI=1S/C18H19NO4/c1-12-14(6-5-7-15(12)20)18(21)19-10-13(11-19)23-17-9-4-3-8-16(17)22-2/h3-9,13,20H,10-11H2,1-2H3. The van der Waals surface area contributed by atoms with Crippen molar-refractivity contribution in [2.45, 2.75) is 13.0 Å². The van der Waals surface area contributed by atoms with Crippen LogP contribution in [-0.2, 0) is 0 Å². The largest absolute Gasteiger partial charge is 0.508 e. The summed E-state index contributed by atoms with van der Waals surface area (Å²) in [7, 11) is 1.60. The summed E-state index contributed by atoms with van der Waals surface area (Å²) in [6.45, 7) is 2.78. The van der Waals surface area contributed by atoms with Gasteiger partial charge in [0, 0.05) is 11.1 Å².